The second-order valence-corrected chi connectivity index (χ2v) is 9.60. The predicted molar refractivity (Wildman–Crippen MR) is 110 cm³/mol. The second-order valence-electron chi connectivity index (χ2n) is 5.85. The van der Waals surface area contributed by atoms with E-state index in [9.17, 15) is 8.42 Å². The Kier molecular flexibility index (Phi) is 5.24. The standard InChI is InChI=1S/C15H14IN5O5S2/c16-8-4-9-10(26-7-25-9)5-11(8)27-15-20-12-13(17)18-6-19-14(12)21(15)2-1-3-28(22,23)24/h4-6H,1-3,7H2,(H2,17,18,19)(H,22,23,24). The molecule has 0 saturated carbocycles. The number of imidazole rings is 1. The summed E-state index contributed by atoms with van der Waals surface area (Å²) >= 11 is 3.57. The van der Waals surface area contributed by atoms with Crippen LogP contribution < -0.4 is 15.2 Å². The SMILES string of the molecule is Nc1ncnc2c1nc(Sc1cc3c(cc1I)OCO3)n2CCCS(=O)(=O)O. The van der Waals surface area contributed by atoms with Crippen molar-refractivity contribution < 1.29 is 22.4 Å². The number of halogens is 1. The van der Waals surface area contributed by atoms with Crippen LogP contribution in [0.15, 0.2) is 28.5 Å². The number of nitrogen functional groups attached to an aromatic ring is 1. The van der Waals surface area contributed by atoms with E-state index in [1.165, 1.54) is 18.1 Å². The lowest BCUT2D eigenvalue weighted by molar-refractivity contribution is 0.174. The maximum atomic E-state index is 11.1. The number of nitrogens with zero attached hydrogens (tertiary/aromatic N) is 4. The third-order valence-corrected chi connectivity index (χ3v) is 7.05. The molecular weight excluding hydrogens is 521 g/mol. The fourth-order valence-corrected chi connectivity index (χ4v) is 4.90. The van der Waals surface area contributed by atoms with Crippen LogP contribution in [0.25, 0.3) is 11.2 Å². The number of hydrogen-bond donors (Lipinski definition) is 2. The number of aromatic nitrogens is 4. The molecular formula is C15H14IN5O5S2. The van der Waals surface area contributed by atoms with E-state index in [0.717, 1.165) is 8.47 Å². The van der Waals surface area contributed by atoms with Crippen molar-refractivity contribution in [1.82, 2.24) is 19.5 Å². The van der Waals surface area contributed by atoms with Crippen molar-refractivity contribution in [3.63, 3.8) is 0 Å². The van der Waals surface area contributed by atoms with Crippen LogP contribution in [0.1, 0.15) is 6.42 Å². The molecule has 0 radical (unpaired) electrons. The zero-order chi connectivity index (χ0) is 19.9. The molecule has 3 heterocycles. The Balaban J connectivity index is 1.71. The van der Waals surface area contributed by atoms with Crippen LogP contribution in [0.3, 0.4) is 0 Å². The zero-order valence-corrected chi connectivity index (χ0v) is 18.0. The molecule has 0 spiro atoms. The Labute approximate surface area is 177 Å². The number of rotatable bonds is 6. The molecule has 1 aliphatic heterocycles. The predicted octanol–water partition coefficient (Wildman–Crippen LogP) is 2.17. The summed E-state index contributed by atoms with van der Waals surface area (Å²) in [7, 11) is -4.05. The summed E-state index contributed by atoms with van der Waals surface area (Å²) in [5.74, 6) is 1.21. The van der Waals surface area contributed by atoms with Gasteiger partial charge in [-0.2, -0.15) is 8.42 Å². The average molecular weight is 535 g/mol. The first-order valence-corrected chi connectivity index (χ1v) is 11.5. The summed E-state index contributed by atoms with van der Waals surface area (Å²) in [4.78, 5) is 13.6. The number of ether oxygens (including phenoxy) is 2. The van der Waals surface area contributed by atoms with Crippen LogP contribution in [0, 0.1) is 3.57 Å². The second kappa shape index (κ2) is 7.53. The number of nitrogens with two attached hydrogens (primary N) is 1. The van der Waals surface area contributed by atoms with Gasteiger partial charge < -0.3 is 19.8 Å². The van der Waals surface area contributed by atoms with Crippen molar-refractivity contribution in [2.24, 2.45) is 0 Å². The Morgan fingerprint density at radius 3 is 2.79 bits per heavy atom. The summed E-state index contributed by atoms with van der Waals surface area (Å²) in [6.07, 6.45) is 1.53. The number of hydrogen-bond acceptors (Lipinski definition) is 9. The molecule has 0 bridgehead atoms. The fourth-order valence-electron chi connectivity index (χ4n) is 2.69. The van der Waals surface area contributed by atoms with E-state index < -0.39 is 10.1 Å². The van der Waals surface area contributed by atoms with Gasteiger partial charge in [0.1, 0.15) is 6.33 Å². The van der Waals surface area contributed by atoms with E-state index in [2.05, 4.69) is 37.5 Å². The molecule has 0 saturated heterocycles. The molecule has 13 heteroatoms. The monoisotopic (exact) mass is 535 g/mol. The van der Waals surface area contributed by atoms with E-state index in [0.29, 0.717) is 27.8 Å². The topological polar surface area (TPSA) is 142 Å². The summed E-state index contributed by atoms with van der Waals surface area (Å²) < 4.78 is 44.7. The molecule has 0 aliphatic carbocycles. The first kappa shape index (κ1) is 19.5. The molecule has 148 valence electrons. The highest BCUT2D eigenvalue weighted by molar-refractivity contribution is 14.1. The highest BCUT2D eigenvalue weighted by Gasteiger charge is 2.21. The van der Waals surface area contributed by atoms with E-state index >= 15 is 0 Å². The van der Waals surface area contributed by atoms with Crippen LogP contribution in [0.4, 0.5) is 5.82 Å². The highest BCUT2D eigenvalue weighted by atomic mass is 127. The molecule has 1 aromatic carbocycles. The number of anilines is 1. The number of benzene rings is 1. The molecule has 0 amide bonds. The minimum Gasteiger partial charge on any atom is -0.454 e. The number of fused-ring (bicyclic) bond motifs is 2. The van der Waals surface area contributed by atoms with Gasteiger partial charge in [0.25, 0.3) is 10.1 Å². The molecule has 0 atom stereocenters. The molecule has 4 rings (SSSR count). The van der Waals surface area contributed by atoms with Crippen molar-refractivity contribution >= 4 is 61.5 Å². The summed E-state index contributed by atoms with van der Waals surface area (Å²) in [5.41, 5.74) is 6.86. The van der Waals surface area contributed by atoms with E-state index in [-0.39, 0.29) is 31.3 Å². The van der Waals surface area contributed by atoms with Crippen LogP contribution in [0.5, 0.6) is 11.5 Å². The lowest BCUT2D eigenvalue weighted by atomic mass is 10.3. The lowest BCUT2D eigenvalue weighted by Crippen LogP contribution is -2.09. The zero-order valence-electron chi connectivity index (χ0n) is 14.2. The van der Waals surface area contributed by atoms with Gasteiger partial charge in [0, 0.05) is 15.0 Å². The van der Waals surface area contributed by atoms with Crippen LogP contribution in [0.2, 0.25) is 0 Å². The molecule has 3 aromatic rings. The largest absolute Gasteiger partial charge is 0.454 e. The van der Waals surface area contributed by atoms with Gasteiger partial charge in [0.05, 0.1) is 5.75 Å². The summed E-state index contributed by atoms with van der Waals surface area (Å²) in [6, 6.07) is 3.75. The van der Waals surface area contributed by atoms with Crippen molar-refractivity contribution in [1.29, 1.82) is 0 Å². The fraction of sp³-hybridized carbons (Fsp3) is 0.267. The Morgan fingerprint density at radius 1 is 1.29 bits per heavy atom. The van der Waals surface area contributed by atoms with Gasteiger partial charge in [-0.25, -0.2) is 15.0 Å². The van der Waals surface area contributed by atoms with Gasteiger partial charge in [0.15, 0.2) is 33.6 Å². The van der Waals surface area contributed by atoms with Gasteiger partial charge in [0.2, 0.25) is 6.79 Å². The van der Waals surface area contributed by atoms with Crippen LogP contribution in [-0.4, -0.2) is 45.0 Å². The van der Waals surface area contributed by atoms with Gasteiger partial charge in [-0.05, 0) is 41.1 Å². The lowest BCUT2D eigenvalue weighted by Gasteiger charge is -2.09. The minimum absolute atomic E-state index is 0.180. The van der Waals surface area contributed by atoms with Gasteiger partial charge in [-0.15, -0.1) is 0 Å². The Morgan fingerprint density at radius 2 is 2.04 bits per heavy atom. The molecule has 2 aromatic heterocycles. The van der Waals surface area contributed by atoms with Gasteiger partial charge in [-0.1, -0.05) is 11.8 Å². The molecule has 3 N–H and O–H groups in total. The average Bonchev–Trinajstić information content (AvgIpc) is 3.20. The maximum Gasteiger partial charge on any atom is 0.264 e. The molecule has 10 nitrogen and oxygen atoms in total. The van der Waals surface area contributed by atoms with Crippen LogP contribution >= 0.6 is 34.4 Å². The van der Waals surface area contributed by atoms with E-state index in [1.807, 2.05) is 12.1 Å². The van der Waals surface area contributed by atoms with E-state index in [4.69, 9.17) is 19.8 Å². The summed E-state index contributed by atoms with van der Waals surface area (Å²) in [5, 5.41) is 0.578. The number of aryl methyl sites for hydroxylation is 1. The molecule has 1 aliphatic rings. The van der Waals surface area contributed by atoms with Crippen molar-refractivity contribution in [3.8, 4) is 11.5 Å². The van der Waals surface area contributed by atoms with Crippen LogP contribution in [-0.2, 0) is 16.7 Å². The summed E-state index contributed by atoms with van der Waals surface area (Å²) in [6.45, 7) is 0.468. The smallest absolute Gasteiger partial charge is 0.264 e. The van der Waals surface area contributed by atoms with Crippen molar-refractivity contribution in [2.75, 3.05) is 18.3 Å². The minimum atomic E-state index is -4.05. The normalized spacial score (nSPS) is 13.4. The first-order chi connectivity index (χ1) is 13.3. The van der Waals surface area contributed by atoms with Crippen molar-refractivity contribution in [3.05, 3.63) is 22.0 Å². The molecule has 0 unspecified atom stereocenters. The van der Waals surface area contributed by atoms with Gasteiger partial charge in [-0.3, -0.25) is 4.55 Å². The van der Waals surface area contributed by atoms with E-state index in [1.54, 1.807) is 4.57 Å². The molecule has 28 heavy (non-hydrogen) atoms. The first-order valence-electron chi connectivity index (χ1n) is 8.01. The highest BCUT2D eigenvalue weighted by Crippen LogP contribution is 2.41. The van der Waals surface area contributed by atoms with Crippen molar-refractivity contribution in [2.45, 2.75) is 23.0 Å². The third-order valence-electron chi connectivity index (χ3n) is 3.94. The molecule has 0 fully saturated rings. The third kappa shape index (κ3) is 3.97. The Hall–Kier alpha value is -1.84. The van der Waals surface area contributed by atoms with Gasteiger partial charge >= 0.3 is 0 Å². The quantitative estimate of drug-likeness (QED) is 0.356. The Bertz CT molecular complexity index is 1170. The maximum absolute atomic E-state index is 11.1.